The highest BCUT2D eigenvalue weighted by molar-refractivity contribution is 6.32. The largest absolute Gasteiger partial charge is 0.367 e. The van der Waals surface area contributed by atoms with Gasteiger partial charge in [-0.1, -0.05) is 18.5 Å². The Bertz CT molecular complexity index is 454. The second-order valence-corrected chi connectivity index (χ2v) is 4.91. The van der Waals surface area contributed by atoms with Crippen LogP contribution in [-0.4, -0.2) is 35.0 Å². The molecule has 7 heteroatoms. The van der Waals surface area contributed by atoms with Gasteiger partial charge in [0.2, 0.25) is 11.9 Å². The van der Waals surface area contributed by atoms with Crippen LogP contribution in [0.4, 0.5) is 11.8 Å². The molecule has 2 rings (SSSR count). The van der Waals surface area contributed by atoms with Crippen LogP contribution in [0.3, 0.4) is 0 Å². The summed E-state index contributed by atoms with van der Waals surface area (Å²) in [5.74, 6) is 1.26. The lowest BCUT2D eigenvalue weighted by atomic mass is 10.2. The fourth-order valence-electron chi connectivity index (χ4n) is 1.86. The molecule has 0 aromatic carbocycles. The van der Waals surface area contributed by atoms with Crippen molar-refractivity contribution in [2.24, 2.45) is 0 Å². The van der Waals surface area contributed by atoms with E-state index >= 15 is 0 Å². The zero-order valence-corrected chi connectivity index (χ0v) is 11.6. The van der Waals surface area contributed by atoms with E-state index in [9.17, 15) is 4.79 Å². The zero-order chi connectivity index (χ0) is 13.7. The molecule has 19 heavy (non-hydrogen) atoms. The highest BCUT2D eigenvalue weighted by Crippen LogP contribution is 2.20. The van der Waals surface area contributed by atoms with E-state index in [-0.39, 0.29) is 11.9 Å². The third-order valence-corrected chi connectivity index (χ3v) is 3.15. The molecule has 1 unspecified atom stereocenters. The molecule has 3 N–H and O–H groups in total. The predicted molar refractivity (Wildman–Crippen MR) is 75.5 cm³/mol. The number of anilines is 2. The predicted octanol–water partition coefficient (Wildman–Crippen LogP) is 1.64. The van der Waals surface area contributed by atoms with Gasteiger partial charge in [-0.3, -0.25) is 4.79 Å². The van der Waals surface area contributed by atoms with E-state index < -0.39 is 0 Å². The van der Waals surface area contributed by atoms with Crippen molar-refractivity contribution in [3.8, 4) is 0 Å². The number of carbonyl (C=O) groups excluding carboxylic acids is 1. The molecule has 104 valence electrons. The first-order valence-corrected chi connectivity index (χ1v) is 6.86. The quantitative estimate of drug-likeness (QED) is 0.740. The van der Waals surface area contributed by atoms with Crippen LogP contribution in [0.1, 0.15) is 26.2 Å². The van der Waals surface area contributed by atoms with Gasteiger partial charge in [-0.2, -0.15) is 4.98 Å². The molecule has 1 aromatic rings. The maximum atomic E-state index is 11.1. The first kappa shape index (κ1) is 13.9. The standard InChI is InChI=1S/C12H18ClN5O/c1-2-5-14-12-16-7-9(13)11(18-12)15-6-8-3-4-10(19)17-8/h7-8H,2-6H2,1H3,(H,17,19)(H2,14,15,16,18). The SMILES string of the molecule is CCCNc1ncc(Cl)c(NCC2CCC(=O)N2)n1. The van der Waals surface area contributed by atoms with Crippen molar-refractivity contribution in [2.75, 3.05) is 23.7 Å². The van der Waals surface area contributed by atoms with Gasteiger partial charge in [-0.15, -0.1) is 0 Å². The Morgan fingerprint density at radius 1 is 1.53 bits per heavy atom. The molecule has 1 fully saturated rings. The van der Waals surface area contributed by atoms with E-state index in [4.69, 9.17) is 11.6 Å². The van der Waals surface area contributed by atoms with Gasteiger partial charge in [-0.05, 0) is 12.8 Å². The molecule has 2 heterocycles. The first-order chi connectivity index (χ1) is 9.19. The third kappa shape index (κ3) is 3.96. The minimum atomic E-state index is 0.103. The van der Waals surface area contributed by atoms with Crippen LogP contribution in [0.5, 0.6) is 0 Å². The number of aromatic nitrogens is 2. The molecule has 0 bridgehead atoms. The van der Waals surface area contributed by atoms with Gasteiger partial charge >= 0.3 is 0 Å². The van der Waals surface area contributed by atoms with Crippen LogP contribution in [0.25, 0.3) is 0 Å². The van der Waals surface area contributed by atoms with Crippen LogP contribution in [-0.2, 0) is 4.79 Å². The molecule has 0 saturated carbocycles. The molecule has 0 spiro atoms. The second kappa shape index (κ2) is 6.56. The number of rotatable bonds is 6. The van der Waals surface area contributed by atoms with Crippen LogP contribution < -0.4 is 16.0 Å². The molecule has 1 saturated heterocycles. The molecule has 1 amide bonds. The van der Waals surface area contributed by atoms with Crippen LogP contribution in [0.2, 0.25) is 5.02 Å². The molecular formula is C12H18ClN5O. The van der Waals surface area contributed by atoms with Gasteiger partial charge in [0.15, 0.2) is 5.82 Å². The minimum Gasteiger partial charge on any atom is -0.367 e. The molecule has 1 aliphatic heterocycles. The molecule has 6 nitrogen and oxygen atoms in total. The monoisotopic (exact) mass is 283 g/mol. The summed E-state index contributed by atoms with van der Waals surface area (Å²) in [5, 5.41) is 9.63. The molecule has 1 aromatic heterocycles. The fourth-order valence-corrected chi connectivity index (χ4v) is 2.02. The Morgan fingerprint density at radius 3 is 3.05 bits per heavy atom. The number of carbonyl (C=O) groups is 1. The summed E-state index contributed by atoms with van der Waals surface area (Å²) in [6, 6.07) is 0.144. The van der Waals surface area contributed by atoms with Crippen molar-refractivity contribution in [1.29, 1.82) is 0 Å². The summed E-state index contributed by atoms with van der Waals surface area (Å²) in [6.45, 7) is 3.51. The van der Waals surface area contributed by atoms with Gasteiger partial charge in [-0.25, -0.2) is 4.98 Å². The van der Waals surface area contributed by atoms with E-state index in [0.717, 1.165) is 19.4 Å². The van der Waals surface area contributed by atoms with Gasteiger partial charge in [0.1, 0.15) is 5.02 Å². The summed E-state index contributed by atoms with van der Waals surface area (Å²) < 4.78 is 0. The molecular weight excluding hydrogens is 266 g/mol. The Morgan fingerprint density at radius 2 is 2.37 bits per heavy atom. The molecule has 1 atom stereocenters. The van der Waals surface area contributed by atoms with E-state index in [1.165, 1.54) is 0 Å². The molecule has 0 radical (unpaired) electrons. The lowest BCUT2D eigenvalue weighted by Crippen LogP contribution is -2.32. The van der Waals surface area contributed by atoms with Crippen LogP contribution >= 0.6 is 11.6 Å². The van der Waals surface area contributed by atoms with Crippen LogP contribution in [0, 0.1) is 0 Å². The molecule has 0 aliphatic carbocycles. The van der Waals surface area contributed by atoms with E-state index in [1.54, 1.807) is 6.20 Å². The second-order valence-electron chi connectivity index (χ2n) is 4.50. The Balaban J connectivity index is 1.92. The summed E-state index contributed by atoms with van der Waals surface area (Å²) >= 11 is 6.04. The number of nitrogens with zero attached hydrogens (tertiary/aromatic N) is 2. The topological polar surface area (TPSA) is 78.9 Å². The summed E-state index contributed by atoms with van der Waals surface area (Å²) in [7, 11) is 0. The maximum absolute atomic E-state index is 11.1. The molecule has 1 aliphatic rings. The first-order valence-electron chi connectivity index (χ1n) is 6.48. The van der Waals surface area contributed by atoms with E-state index in [2.05, 4.69) is 32.8 Å². The van der Waals surface area contributed by atoms with Gasteiger partial charge < -0.3 is 16.0 Å². The highest BCUT2D eigenvalue weighted by atomic mass is 35.5. The number of halogens is 1. The lowest BCUT2D eigenvalue weighted by molar-refractivity contribution is -0.119. The van der Waals surface area contributed by atoms with Crippen molar-refractivity contribution in [3.63, 3.8) is 0 Å². The fraction of sp³-hybridized carbons (Fsp3) is 0.583. The normalized spacial score (nSPS) is 18.2. The number of hydrogen-bond donors (Lipinski definition) is 3. The minimum absolute atomic E-state index is 0.103. The Labute approximate surface area is 117 Å². The van der Waals surface area contributed by atoms with Gasteiger partial charge in [0.25, 0.3) is 0 Å². The Kier molecular flexibility index (Phi) is 4.79. The summed E-state index contributed by atoms with van der Waals surface area (Å²) in [6.07, 6.45) is 4.01. The van der Waals surface area contributed by atoms with Gasteiger partial charge in [0.05, 0.1) is 6.20 Å². The smallest absolute Gasteiger partial charge is 0.224 e. The third-order valence-electron chi connectivity index (χ3n) is 2.88. The maximum Gasteiger partial charge on any atom is 0.224 e. The van der Waals surface area contributed by atoms with E-state index in [0.29, 0.717) is 29.8 Å². The Hall–Kier alpha value is -1.56. The van der Waals surface area contributed by atoms with Crippen LogP contribution in [0.15, 0.2) is 6.20 Å². The summed E-state index contributed by atoms with van der Waals surface area (Å²) in [5.41, 5.74) is 0. The zero-order valence-electron chi connectivity index (χ0n) is 10.9. The van der Waals surface area contributed by atoms with Crippen molar-refractivity contribution < 1.29 is 4.79 Å². The average molecular weight is 284 g/mol. The van der Waals surface area contributed by atoms with E-state index in [1.807, 2.05) is 0 Å². The number of hydrogen-bond acceptors (Lipinski definition) is 5. The highest BCUT2D eigenvalue weighted by Gasteiger charge is 2.20. The number of amides is 1. The van der Waals surface area contributed by atoms with Crippen molar-refractivity contribution >= 4 is 29.3 Å². The average Bonchev–Trinajstić information content (AvgIpc) is 2.82. The lowest BCUT2D eigenvalue weighted by Gasteiger charge is -2.13. The summed E-state index contributed by atoms with van der Waals surface area (Å²) in [4.78, 5) is 19.5. The number of nitrogens with one attached hydrogen (secondary N) is 3. The van der Waals surface area contributed by atoms with Crippen molar-refractivity contribution in [1.82, 2.24) is 15.3 Å². The van der Waals surface area contributed by atoms with Gasteiger partial charge in [0, 0.05) is 25.6 Å². The van der Waals surface area contributed by atoms with Crippen molar-refractivity contribution in [2.45, 2.75) is 32.2 Å². The van der Waals surface area contributed by atoms with Crippen molar-refractivity contribution in [3.05, 3.63) is 11.2 Å².